The van der Waals surface area contributed by atoms with Gasteiger partial charge in [0.15, 0.2) is 0 Å². The highest BCUT2D eigenvalue weighted by atomic mass is 16.1. The van der Waals surface area contributed by atoms with Crippen LogP contribution < -0.4 is 0 Å². The fourth-order valence-corrected chi connectivity index (χ4v) is 4.00. The molecule has 0 spiro atoms. The molecule has 0 aromatic heterocycles. The van der Waals surface area contributed by atoms with Crippen molar-refractivity contribution in [1.29, 1.82) is 0 Å². The number of Topliss-reactive ketones (excluding diaryl/α,β-unsaturated/α-hetero) is 1. The van der Waals surface area contributed by atoms with Gasteiger partial charge in [-0.05, 0) is 40.7 Å². The van der Waals surface area contributed by atoms with Gasteiger partial charge >= 0.3 is 0 Å². The molecular weight excluding hydrogens is 232 g/mol. The van der Waals surface area contributed by atoms with Crippen molar-refractivity contribution in [3.8, 4) is 0 Å². The molecule has 0 fully saturated rings. The minimum atomic E-state index is 0.0997. The van der Waals surface area contributed by atoms with Crippen LogP contribution in [0.2, 0.25) is 0 Å². The Balaban J connectivity index is 2.55. The molecule has 0 amide bonds. The average Bonchev–Trinajstić information content (AvgIpc) is 2.45. The number of hydrogen-bond donors (Lipinski definition) is 0. The van der Waals surface area contributed by atoms with E-state index in [0.29, 0.717) is 12.2 Å². The number of carbonyl (C=O) groups is 1. The highest BCUT2D eigenvalue weighted by Gasteiger charge is 2.58. The molecule has 1 heteroatoms. The number of benzene rings is 1. The van der Waals surface area contributed by atoms with Gasteiger partial charge in [-0.15, -0.1) is 0 Å². The summed E-state index contributed by atoms with van der Waals surface area (Å²) in [6.07, 6.45) is 1.63. The molecule has 0 heterocycles. The molecule has 1 aromatic carbocycles. The largest absolute Gasteiger partial charge is 0.300 e. The van der Waals surface area contributed by atoms with E-state index in [1.807, 2.05) is 0 Å². The number of ketones is 1. The van der Waals surface area contributed by atoms with Gasteiger partial charge in [-0.1, -0.05) is 58.9 Å². The van der Waals surface area contributed by atoms with Crippen molar-refractivity contribution in [2.45, 2.75) is 65.2 Å². The Morgan fingerprint density at radius 2 is 1.37 bits per heavy atom. The van der Waals surface area contributed by atoms with Crippen LogP contribution in [0.25, 0.3) is 0 Å². The number of fused-ring (bicyclic) bond motifs is 1. The van der Waals surface area contributed by atoms with Crippen LogP contribution in [0, 0.1) is 5.41 Å². The van der Waals surface area contributed by atoms with Crippen molar-refractivity contribution >= 4 is 5.78 Å². The Labute approximate surface area is 117 Å². The standard InChI is InChI=1S/C18H26O/c1-13(19)11-12-18(6)16(2,3)14-9-7-8-10-15(14)17(18,4)5/h7-10H,11-12H2,1-6H3. The molecule has 104 valence electrons. The third kappa shape index (κ3) is 1.78. The summed E-state index contributed by atoms with van der Waals surface area (Å²) in [6.45, 7) is 13.4. The first-order valence-corrected chi connectivity index (χ1v) is 7.24. The zero-order valence-corrected chi connectivity index (χ0v) is 13.1. The molecule has 19 heavy (non-hydrogen) atoms. The molecule has 0 aliphatic heterocycles. The summed E-state index contributed by atoms with van der Waals surface area (Å²) in [7, 11) is 0. The van der Waals surface area contributed by atoms with Crippen LogP contribution in [-0.4, -0.2) is 5.78 Å². The van der Waals surface area contributed by atoms with Crippen molar-refractivity contribution in [3.05, 3.63) is 35.4 Å². The predicted octanol–water partition coefficient (Wildman–Crippen LogP) is 4.63. The van der Waals surface area contributed by atoms with Gasteiger partial charge < -0.3 is 4.79 Å². The summed E-state index contributed by atoms with van der Waals surface area (Å²) in [5, 5.41) is 0. The Hall–Kier alpha value is -1.11. The minimum absolute atomic E-state index is 0.0997. The zero-order chi connectivity index (χ0) is 14.5. The van der Waals surface area contributed by atoms with Crippen LogP contribution in [0.15, 0.2) is 24.3 Å². The maximum atomic E-state index is 11.4. The van der Waals surface area contributed by atoms with E-state index in [1.54, 1.807) is 6.92 Å². The van der Waals surface area contributed by atoms with E-state index in [4.69, 9.17) is 0 Å². The van der Waals surface area contributed by atoms with Gasteiger partial charge in [-0.25, -0.2) is 0 Å². The lowest BCUT2D eigenvalue weighted by molar-refractivity contribution is -0.118. The maximum absolute atomic E-state index is 11.4. The summed E-state index contributed by atoms with van der Waals surface area (Å²) >= 11 is 0. The molecule has 0 atom stereocenters. The van der Waals surface area contributed by atoms with Crippen molar-refractivity contribution in [2.75, 3.05) is 0 Å². The molecule has 1 nitrogen and oxygen atoms in total. The van der Waals surface area contributed by atoms with Gasteiger partial charge in [0.1, 0.15) is 5.78 Å². The number of carbonyl (C=O) groups excluding carboxylic acids is 1. The quantitative estimate of drug-likeness (QED) is 0.772. The molecule has 0 saturated heterocycles. The smallest absolute Gasteiger partial charge is 0.129 e. The van der Waals surface area contributed by atoms with Gasteiger partial charge in [0, 0.05) is 6.42 Å². The van der Waals surface area contributed by atoms with E-state index >= 15 is 0 Å². The van der Waals surface area contributed by atoms with E-state index in [1.165, 1.54) is 11.1 Å². The highest BCUT2D eigenvalue weighted by Crippen LogP contribution is 2.63. The van der Waals surface area contributed by atoms with E-state index in [0.717, 1.165) is 6.42 Å². The topological polar surface area (TPSA) is 17.1 Å². The summed E-state index contributed by atoms with van der Waals surface area (Å²) in [5.74, 6) is 0.295. The van der Waals surface area contributed by atoms with Gasteiger partial charge in [0.2, 0.25) is 0 Å². The predicted molar refractivity (Wildman–Crippen MR) is 80.5 cm³/mol. The molecule has 2 rings (SSSR count). The highest BCUT2D eigenvalue weighted by molar-refractivity contribution is 5.75. The van der Waals surface area contributed by atoms with E-state index in [9.17, 15) is 4.79 Å². The van der Waals surface area contributed by atoms with Crippen LogP contribution >= 0.6 is 0 Å². The van der Waals surface area contributed by atoms with Gasteiger partial charge in [-0.3, -0.25) is 0 Å². The van der Waals surface area contributed by atoms with Gasteiger partial charge in [-0.2, -0.15) is 0 Å². The van der Waals surface area contributed by atoms with Crippen molar-refractivity contribution in [1.82, 2.24) is 0 Å². The van der Waals surface area contributed by atoms with Gasteiger partial charge in [0.05, 0.1) is 0 Å². The minimum Gasteiger partial charge on any atom is -0.300 e. The lowest BCUT2D eigenvalue weighted by Crippen LogP contribution is -2.45. The lowest BCUT2D eigenvalue weighted by atomic mass is 9.56. The molecular formula is C18H26O. The Kier molecular flexibility index (Phi) is 3.16. The Morgan fingerprint density at radius 3 is 1.74 bits per heavy atom. The van der Waals surface area contributed by atoms with Crippen LogP contribution in [0.3, 0.4) is 0 Å². The summed E-state index contributed by atoms with van der Waals surface area (Å²) in [5.41, 5.74) is 3.21. The molecule has 0 saturated carbocycles. The summed E-state index contributed by atoms with van der Waals surface area (Å²) < 4.78 is 0. The molecule has 0 N–H and O–H groups in total. The molecule has 1 aromatic rings. The maximum Gasteiger partial charge on any atom is 0.129 e. The fourth-order valence-electron chi connectivity index (χ4n) is 4.00. The van der Waals surface area contributed by atoms with Crippen molar-refractivity contribution in [3.63, 3.8) is 0 Å². The summed E-state index contributed by atoms with van der Waals surface area (Å²) in [4.78, 5) is 11.4. The monoisotopic (exact) mass is 258 g/mol. The van der Waals surface area contributed by atoms with Crippen molar-refractivity contribution in [2.24, 2.45) is 5.41 Å². The number of rotatable bonds is 3. The normalized spacial score (nSPS) is 22.0. The average molecular weight is 258 g/mol. The second-order valence-corrected chi connectivity index (χ2v) is 7.33. The van der Waals surface area contributed by atoms with E-state index < -0.39 is 0 Å². The van der Waals surface area contributed by atoms with Crippen LogP contribution in [-0.2, 0) is 15.6 Å². The van der Waals surface area contributed by atoms with Crippen LogP contribution in [0.1, 0.15) is 65.5 Å². The van der Waals surface area contributed by atoms with Crippen LogP contribution in [0.5, 0.6) is 0 Å². The molecule has 1 aliphatic carbocycles. The van der Waals surface area contributed by atoms with Gasteiger partial charge in [0.25, 0.3) is 0 Å². The first-order chi connectivity index (χ1) is 8.64. The third-order valence-corrected chi connectivity index (χ3v) is 6.01. The number of hydrogen-bond acceptors (Lipinski definition) is 1. The molecule has 1 aliphatic rings. The Morgan fingerprint density at radius 1 is 0.947 bits per heavy atom. The molecule has 0 radical (unpaired) electrons. The second kappa shape index (κ2) is 4.19. The Bertz CT molecular complexity index is 473. The van der Waals surface area contributed by atoms with Crippen molar-refractivity contribution < 1.29 is 4.79 Å². The zero-order valence-electron chi connectivity index (χ0n) is 13.1. The fraction of sp³-hybridized carbons (Fsp3) is 0.611. The molecule has 0 bridgehead atoms. The first kappa shape index (κ1) is 14.3. The second-order valence-electron chi connectivity index (χ2n) is 7.33. The van der Waals surface area contributed by atoms with Crippen LogP contribution in [0.4, 0.5) is 0 Å². The molecule has 0 unspecified atom stereocenters. The summed E-state index contributed by atoms with van der Waals surface area (Å²) in [6, 6.07) is 8.78. The third-order valence-electron chi connectivity index (χ3n) is 6.01. The van der Waals surface area contributed by atoms with E-state index in [-0.39, 0.29) is 16.2 Å². The SMILES string of the molecule is CC(=O)CCC1(C)C(C)(C)c2ccccc2C1(C)C. The first-order valence-electron chi connectivity index (χ1n) is 7.24. The van der Waals surface area contributed by atoms with E-state index in [2.05, 4.69) is 58.9 Å². The lowest BCUT2D eigenvalue weighted by Gasteiger charge is -2.47.